The van der Waals surface area contributed by atoms with Crippen LogP contribution < -0.4 is 14.8 Å². The molecule has 1 saturated carbocycles. The number of aliphatic carboxylic acids is 1. The molecule has 5 nitrogen and oxygen atoms in total. The normalized spacial score (nSPS) is 19.6. The van der Waals surface area contributed by atoms with Crippen molar-refractivity contribution < 1.29 is 36.9 Å². The van der Waals surface area contributed by atoms with Crippen LogP contribution >= 0.6 is 0 Å². The maximum Gasteiger partial charge on any atom is 0.419 e. The maximum atomic E-state index is 13.7. The fraction of sp³-hybridized carbons (Fsp3) is 0.480. The number of benzene rings is 2. The average molecular weight is 484 g/mol. The van der Waals surface area contributed by atoms with E-state index in [0.717, 1.165) is 18.1 Å². The van der Waals surface area contributed by atoms with Gasteiger partial charge in [-0.1, -0.05) is 12.1 Å². The predicted molar refractivity (Wildman–Crippen MR) is 119 cm³/mol. The Morgan fingerprint density at radius 2 is 1.82 bits per heavy atom. The van der Waals surface area contributed by atoms with Crippen molar-refractivity contribution in [2.75, 3.05) is 7.11 Å². The lowest BCUT2D eigenvalue weighted by atomic mass is 9.94. The van der Waals surface area contributed by atoms with Crippen LogP contribution in [0, 0.1) is 5.82 Å². The molecule has 0 radical (unpaired) electrons. The van der Waals surface area contributed by atoms with Crippen molar-refractivity contribution in [3.8, 4) is 11.5 Å². The van der Waals surface area contributed by atoms with Crippen LogP contribution in [0.25, 0.3) is 0 Å². The van der Waals surface area contributed by atoms with Crippen LogP contribution in [0.3, 0.4) is 0 Å². The summed E-state index contributed by atoms with van der Waals surface area (Å²) in [5.74, 6) is -2.24. The van der Waals surface area contributed by atoms with E-state index in [-0.39, 0.29) is 23.8 Å². The lowest BCUT2D eigenvalue weighted by molar-refractivity contribution is -0.155. The number of carboxylic acids is 1. The standard InChI is InChI=1S/C25H29F4NO4/c1-14(15-6-9-20(26)22(13-15)33-4)30-18-8-5-16(11-18)17-7-10-21(19(12-17)25(27,28)29)34-24(2,3)23(31)32/h6-7,9-10,12-14,16,18,30H,5,8,11H2,1-4H3,(H,31,32)/t14-,16+,18?/m1/s1. The van der Waals surface area contributed by atoms with E-state index in [9.17, 15) is 27.5 Å². The second kappa shape index (κ2) is 9.82. The molecule has 1 aliphatic carbocycles. The van der Waals surface area contributed by atoms with E-state index < -0.39 is 34.9 Å². The number of halogens is 4. The van der Waals surface area contributed by atoms with Gasteiger partial charge in [0.05, 0.1) is 12.7 Å². The molecule has 0 aliphatic heterocycles. The third-order valence-corrected chi connectivity index (χ3v) is 6.25. The summed E-state index contributed by atoms with van der Waals surface area (Å²) in [6, 6.07) is 8.47. The summed E-state index contributed by atoms with van der Waals surface area (Å²) in [6.45, 7) is 4.35. The summed E-state index contributed by atoms with van der Waals surface area (Å²) < 4.78 is 65.2. The van der Waals surface area contributed by atoms with Crippen molar-refractivity contribution in [3.05, 3.63) is 58.9 Å². The molecular weight excluding hydrogens is 454 g/mol. The molecule has 3 atom stereocenters. The highest BCUT2D eigenvalue weighted by molar-refractivity contribution is 5.76. The Balaban J connectivity index is 1.74. The molecular formula is C25H29F4NO4. The minimum Gasteiger partial charge on any atom is -0.494 e. The molecule has 0 saturated heterocycles. The van der Waals surface area contributed by atoms with Crippen LogP contribution in [-0.4, -0.2) is 29.8 Å². The van der Waals surface area contributed by atoms with Gasteiger partial charge >= 0.3 is 12.1 Å². The van der Waals surface area contributed by atoms with Gasteiger partial charge in [0.25, 0.3) is 0 Å². The molecule has 3 rings (SSSR count). The van der Waals surface area contributed by atoms with E-state index in [1.54, 1.807) is 18.2 Å². The zero-order valence-corrected chi connectivity index (χ0v) is 19.5. The smallest absolute Gasteiger partial charge is 0.419 e. The van der Waals surface area contributed by atoms with Gasteiger partial charge in [0.15, 0.2) is 17.2 Å². The van der Waals surface area contributed by atoms with Gasteiger partial charge in [-0.3, -0.25) is 0 Å². The fourth-order valence-corrected chi connectivity index (χ4v) is 4.26. The maximum absolute atomic E-state index is 13.7. The number of carbonyl (C=O) groups is 1. The number of carboxylic acid groups (broad SMARTS) is 1. The highest BCUT2D eigenvalue weighted by Crippen LogP contribution is 2.42. The quantitative estimate of drug-likeness (QED) is 0.446. The molecule has 9 heteroatoms. The van der Waals surface area contributed by atoms with E-state index in [1.807, 2.05) is 6.92 Å². The first-order valence-electron chi connectivity index (χ1n) is 11.0. The van der Waals surface area contributed by atoms with Crippen LogP contribution in [-0.2, 0) is 11.0 Å². The number of alkyl halides is 3. The van der Waals surface area contributed by atoms with Gasteiger partial charge in [-0.05, 0) is 81.3 Å². The summed E-state index contributed by atoms with van der Waals surface area (Å²) in [4.78, 5) is 11.3. The Morgan fingerprint density at radius 3 is 2.44 bits per heavy atom. The summed E-state index contributed by atoms with van der Waals surface area (Å²) in [5, 5.41) is 12.7. The highest BCUT2D eigenvalue weighted by Gasteiger charge is 2.39. The molecule has 0 heterocycles. The second-order valence-corrected chi connectivity index (χ2v) is 9.16. The first kappa shape index (κ1) is 25.8. The number of methoxy groups -OCH3 is 1. The molecule has 0 spiro atoms. The Morgan fingerprint density at radius 1 is 1.12 bits per heavy atom. The molecule has 0 aromatic heterocycles. The molecule has 0 bridgehead atoms. The van der Waals surface area contributed by atoms with Crippen molar-refractivity contribution in [2.45, 2.75) is 69.8 Å². The van der Waals surface area contributed by atoms with Crippen molar-refractivity contribution in [3.63, 3.8) is 0 Å². The Bertz CT molecular complexity index is 1040. The Labute approximate surface area is 196 Å². The molecule has 1 fully saturated rings. The van der Waals surface area contributed by atoms with E-state index in [2.05, 4.69) is 5.32 Å². The Kier molecular flexibility index (Phi) is 7.45. The summed E-state index contributed by atoms with van der Waals surface area (Å²) in [6.07, 6.45) is -2.57. The van der Waals surface area contributed by atoms with Gasteiger partial charge in [-0.2, -0.15) is 13.2 Å². The van der Waals surface area contributed by atoms with Gasteiger partial charge < -0.3 is 19.9 Å². The minimum atomic E-state index is -4.69. The first-order chi connectivity index (χ1) is 15.8. The molecule has 2 N–H and O–H groups in total. The van der Waals surface area contributed by atoms with Crippen LogP contribution in [0.1, 0.15) is 68.7 Å². The topological polar surface area (TPSA) is 67.8 Å². The summed E-state index contributed by atoms with van der Waals surface area (Å²) in [5.41, 5.74) is -1.40. The average Bonchev–Trinajstić information content (AvgIpc) is 3.21. The molecule has 34 heavy (non-hydrogen) atoms. The molecule has 2 aromatic rings. The van der Waals surface area contributed by atoms with Gasteiger partial charge in [0, 0.05) is 12.1 Å². The van der Waals surface area contributed by atoms with Crippen molar-refractivity contribution in [2.24, 2.45) is 0 Å². The van der Waals surface area contributed by atoms with Crippen molar-refractivity contribution in [1.82, 2.24) is 5.32 Å². The third kappa shape index (κ3) is 5.81. The monoisotopic (exact) mass is 483 g/mol. The van der Waals surface area contributed by atoms with Gasteiger partial charge in [0.1, 0.15) is 5.75 Å². The first-order valence-corrected chi connectivity index (χ1v) is 11.0. The Hall–Kier alpha value is -2.81. The van der Waals surface area contributed by atoms with Crippen LogP contribution in [0.4, 0.5) is 17.6 Å². The number of hydrogen-bond donors (Lipinski definition) is 2. The number of hydrogen-bond acceptors (Lipinski definition) is 4. The number of nitrogens with one attached hydrogen (secondary N) is 1. The minimum absolute atomic E-state index is 0.0762. The SMILES string of the molecule is COc1cc([C@@H](C)NC2CC[C@H](c3ccc(OC(C)(C)C(=O)O)c(C(F)(F)F)c3)C2)ccc1F. The molecule has 0 amide bonds. The summed E-state index contributed by atoms with van der Waals surface area (Å²) >= 11 is 0. The lowest BCUT2D eigenvalue weighted by Gasteiger charge is -2.25. The summed E-state index contributed by atoms with van der Waals surface area (Å²) in [7, 11) is 1.40. The molecule has 1 unspecified atom stereocenters. The van der Waals surface area contributed by atoms with E-state index in [0.29, 0.717) is 18.4 Å². The van der Waals surface area contributed by atoms with Crippen LogP contribution in [0.2, 0.25) is 0 Å². The van der Waals surface area contributed by atoms with Crippen LogP contribution in [0.5, 0.6) is 11.5 Å². The molecule has 2 aromatic carbocycles. The number of rotatable bonds is 8. The molecule has 1 aliphatic rings. The second-order valence-electron chi connectivity index (χ2n) is 9.16. The molecule has 186 valence electrons. The van der Waals surface area contributed by atoms with E-state index in [1.165, 1.54) is 33.1 Å². The van der Waals surface area contributed by atoms with Crippen LogP contribution in [0.15, 0.2) is 36.4 Å². The van der Waals surface area contributed by atoms with E-state index >= 15 is 0 Å². The van der Waals surface area contributed by atoms with Crippen molar-refractivity contribution >= 4 is 5.97 Å². The number of ether oxygens (including phenoxy) is 2. The third-order valence-electron chi connectivity index (χ3n) is 6.25. The highest BCUT2D eigenvalue weighted by atomic mass is 19.4. The zero-order chi connectivity index (χ0) is 25.3. The van der Waals surface area contributed by atoms with E-state index in [4.69, 9.17) is 9.47 Å². The fourth-order valence-electron chi connectivity index (χ4n) is 4.26. The lowest BCUT2D eigenvalue weighted by Crippen LogP contribution is -2.38. The van der Waals surface area contributed by atoms with Gasteiger partial charge in [-0.15, -0.1) is 0 Å². The zero-order valence-electron chi connectivity index (χ0n) is 19.5. The van der Waals surface area contributed by atoms with Gasteiger partial charge in [-0.25, -0.2) is 9.18 Å². The van der Waals surface area contributed by atoms with Crippen molar-refractivity contribution in [1.29, 1.82) is 0 Å². The predicted octanol–water partition coefficient (Wildman–Crippen LogP) is 6.08. The largest absolute Gasteiger partial charge is 0.494 e. The van der Waals surface area contributed by atoms with Gasteiger partial charge in [0.2, 0.25) is 0 Å².